The van der Waals surface area contributed by atoms with Gasteiger partial charge in [-0.05, 0) is 37.1 Å². The average Bonchev–Trinajstić information content (AvgIpc) is 3.07. The first kappa shape index (κ1) is 22.4. The molecule has 0 saturated carbocycles. The number of rotatable bonds is 6. The van der Waals surface area contributed by atoms with E-state index in [4.69, 9.17) is 4.52 Å². The number of amides is 2. The van der Waals surface area contributed by atoms with Gasteiger partial charge in [-0.3, -0.25) is 14.5 Å². The van der Waals surface area contributed by atoms with Crippen molar-refractivity contribution in [2.24, 2.45) is 0 Å². The lowest BCUT2D eigenvalue weighted by Crippen LogP contribution is -2.48. The van der Waals surface area contributed by atoms with Gasteiger partial charge in [0.1, 0.15) is 5.82 Å². The molecule has 0 unspecified atom stereocenters. The fourth-order valence-electron chi connectivity index (χ4n) is 4.23. The van der Waals surface area contributed by atoms with Crippen LogP contribution in [-0.2, 0) is 17.8 Å². The Labute approximate surface area is 187 Å². The van der Waals surface area contributed by atoms with Crippen molar-refractivity contribution in [2.75, 3.05) is 39.3 Å². The van der Waals surface area contributed by atoms with Crippen molar-refractivity contribution >= 4 is 11.8 Å². The second kappa shape index (κ2) is 10.7. The Morgan fingerprint density at radius 3 is 2.28 bits per heavy atom. The Hall–Kier alpha value is -2.81. The molecule has 0 N–H and O–H groups in total. The van der Waals surface area contributed by atoms with Crippen LogP contribution in [0.1, 0.15) is 54.2 Å². The third-order valence-corrected chi connectivity index (χ3v) is 6.14. The first-order valence-corrected chi connectivity index (χ1v) is 11.4. The van der Waals surface area contributed by atoms with E-state index in [9.17, 15) is 14.0 Å². The van der Waals surface area contributed by atoms with E-state index in [-0.39, 0.29) is 17.6 Å². The summed E-state index contributed by atoms with van der Waals surface area (Å²) in [6.07, 6.45) is 5.42. The van der Waals surface area contributed by atoms with E-state index in [1.165, 1.54) is 37.1 Å². The number of benzene rings is 1. The maximum absolute atomic E-state index is 13.1. The van der Waals surface area contributed by atoms with Crippen LogP contribution in [0.25, 0.3) is 0 Å². The van der Waals surface area contributed by atoms with Gasteiger partial charge < -0.3 is 14.3 Å². The smallest absolute Gasteiger partial charge is 0.253 e. The van der Waals surface area contributed by atoms with Gasteiger partial charge in [0.15, 0.2) is 5.82 Å². The largest absolute Gasteiger partial charge is 0.343 e. The molecule has 2 aromatic rings. The Balaban J connectivity index is 1.21. The van der Waals surface area contributed by atoms with Crippen LogP contribution in [0.3, 0.4) is 0 Å². The monoisotopic (exact) mass is 443 g/mol. The fourth-order valence-corrected chi connectivity index (χ4v) is 4.23. The maximum Gasteiger partial charge on any atom is 0.253 e. The summed E-state index contributed by atoms with van der Waals surface area (Å²) in [7, 11) is 0. The number of piperazine rings is 1. The van der Waals surface area contributed by atoms with Crippen LogP contribution in [0, 0.1) is 5.82 Å². The van der Waals surface area contributed by atoms with Gasteiger partial charge in [0.05, 0.1) is 6.54 Å². The molecule has 1 aromatic heterocycles. The zero-order chi connectivity index (χ0) is 22.3. The number of carbonyl (C=O) groups excluding carboxylic acids is 2. The summed E-state index contributed by atoms with van der Waals surface area (Å²) in [6.45, 7) is 4.82. The molecule has 2 aliphatic heterocycles. The molecule has 0 aliphatic carbocycles. The second-order valence-electron chi connectivity index (χ2n) is 8.47. The number of aromatic nitrogens is 2. The van der Waals surface area contributed by atoms with E-state index in [1.54, 1.807) is 4.90 Å². The lowest BCUT2D eigenvalue weighted by Gasteiger charge is -2.34. The summed E-state index contributed by atoms with van der Waals surface area (Å²) in [5.74, 6) is 0.820. The van der Waals surface area contributed by atoms with Crippen LogP contribution in [0.2, 0.25) is 0 Å². The van der Waals surface area contributed by atoms with E-state index in [0.29, 0.717) is 62.8 Å². The second-order valence-corrected chi connectivity index (χ2v) is 8.47. The topological polar surface area (TPSA) is 82.8 Å². The van der Waals surface area contributed by atoms with Gasteiger partial charge in [0, 0.05) is 57.7 Å². The van der Waals surface area contributed by atoms with Crippen LogP contribution in [0.5, 0.6) is 0 Å². The number of nitrogens with zero attached hydrogens (tertiary/aromatic N) is 5. The standard InChI is InChI=1S/C23H30FN5O3/c24-19-7-5-18(6-8-19)23(31)29-15-13-27(14-16-29)17-20-25-21(32-26-20)9-10-22(30)28-11-3-1-2-4-12-28/h5-8H,1-4,9-17H2. The molecule has 2 saturated heterocycles. The highest BCUT2D eigenvalue weighted by molar-refractivity contribution is 5.94. The predicted octanol–water partition coefficient (Wildman–Crippen LogP) is 2.50. The number of hydrogen-bond acceptors (Lipinski definition) is 6. The van der Waals surface area contributed by atoms with Gasteiger partial charge in [-0.15, -0.1) is 0 Å². The molecule has 0 atom stereocenters. The third kappa shape index (κ3) is 5.91. The SMILES string of the molecule is O=C(CCc1nc(CN2CCN(C(=O)c3ccc(F)cc3)CC2)no1)N1CCCCCC1. The predicted molar refractivity (Wildman–Crippen MR) is 115 cm³/mol. The van der Waals surface area contributed by atoms with Crippen LogP contribution >= 0.6 is 0 Å². The van der Waals surface area contributed by atoms with E-state index in [2.05, 4.69) is 15.0 Å². The molecule has 8 nitrogen and oxygen atoms in total. The van der Waals surface area contributed by atoms with E-state index >= 15 is 0 Å². The minimum atomic E-state index is -0.350. The maximum atomic E-state index is 13.1. The van der Waals surface area contributed by atoms with Crippen molar-refractivity contribution in [2.45, 2.75) is 45.1 Å². The summed E-state index contributed by atoms with van der Waals surface area (Å²) >= 11 is 0. The van der Waals surface area contributed by atoms with E-state index in [1.807, 2.05) is 4.90 Å². The molecule has 2 fully saturated rings. The molecule has 172 valence electrons. The Kier molecular flexibility index (Phi) is 7.47. The van der Waals surface area contributed by atoms with Crippen LogP contribution in [-0.4, -0.2) is 75.9 Å². The van der Waals surface area contributed by atoms with E-state index < -0.39 is 0 Å². The summed E-state index contributed by atoms with van der Waals surface area (Å²) in [6, 6.07) is 5.64. The number of carbonyl (C=O) groups is 2. The summed E-state index contributed by atoms with van der Waals surface area (Å²) < 4.78 is 18.4. The van der Waals surface area contributed by atoms with Gasteiger partial charge in [-0.25, -0.2) is 4.39 Å². The molecule has 9 heteroatoms. The zero-order valence-corrected chi connectivity index (χ0v) is 18.3. The summed E-state index contributed by atoms with van der Waals surface area (Å²) in [5, 5.41) is 4.06. The van der Waals surface area contributed by atoms with E-state index in [0.717, 1.165) is 25.9 Å². The molecule has 0 spiro atoms. The molecule has 0 radical (unpaired) electrons. The van der Waals surface area contributed by atoms with Crippen molar-refractivity contribution in [3.05, 3.63) is 47.4 Å². The minimum absolute atomic E-state index is 0.0828. The molecule has 4 rings (SSSR count). The molecule has 32 heavy (non-hydrogen) atoms. The highest BCUT2D eigenvalue weighted by atomic mass is 19.1. The zero-order valence-electron chi connectivity index (χ0n) is 18.3. The van der Waals surface area contributed by atoms with Gasteiger partial charge >= 0.3 is 0 Å². The number of aryl methyl sites for hydroxylation is 1. The van der Waals surface area contributed by atoms with Crippen molar-refractivity contribution < 1.29 is 18.5 Å². The lowest BCUT2D eigenvalue weighted by molar-refractivity contribution is -0.131. The molecular weight excluding hydrogens is 413 g/mol. The first-order valence-electron chi connectivity index (χ1n) is 11.4. The highest BCUT2D eigenvalue weighted by Gasteiger charge is 2.23. The molecule has 3 heterocycles. The van der Waals surface area contributed by atoms with Crippen molar-refractivity contribution in [1.82, 2.24) is 24.8 Å². The Morgan fingerprint density at radius 2 is 1.59 bits per heavy atom. The average molecular weight is 444 g/mol. The van der Waals surface area contributed by atoms with Gasteiger partial charge in [-0.1, -0.05) is 18.0 Å². The number of likely N-dealkylation sites (tertiary alicyclic amines) is 1. The molecular formula is C23H30FN5O3. The fraction of sp³-hybridized carbons (Fsp3) is 0.565. The molecule has 2 amide bonds. The summed E-state index contributed by atoms with van der Waals surface area (Å²) in [5.41, 5.74) is 0.498. The normalized spacial score (nSPS) is 17.9. The van der Waals surface area contributed by atoms with Crippen molar-refractivity contribution in [1.29, 1.82) is 0 Å². The van der Waals surface area contributed by atoms with Crippen LogP contribution in [0.15, 0.2) is 28.8 Å². The minimum Gasteiger partial charge on any atom is -0.343 e. The number of halogens is 1. The third-order valence-electron chi connectivity index (χ3n) is 6.14. The highest BCUT2D eigenvalue weighted by Crippen LogP contribution is 2.14. The summed E-state index contributed by atoms with van der Waals surface area (Å²) in [4.78, 5) is 35.3. The molecule has 2 aliphatic rings. The van der Waals surface area contributed by atoms with Gasteiger partial charge in [-0.2, -0.15) is 4.98 Å². The Morgan fingerprint density at radius 1 is 0.906 bits per heavy atom. The van der Waals surface area contributed by atoms with Gasteiger partial charge in [0.25, 0.3) is 5.91 Å². The Bertz CT molecular complexity index is 901. The van der Waals surface area contributed by atoms with Crippen molar-refractivity contribution in [3.63, 3.8) is 0 Å². The van der Waals surface area contributed by atoms with Gasteiger partial charge in [0.2, 0.25) is 11.8 Å². The van der Waals surface area contributed by atoms with Crippen LogP contribution in [0.4, 0.5) is 4.39 Å². The molecule has 0 bridgehead atoms. The van der Waals surface area contributed by atoms with Crippen molar-refractivity contribution in [3.8, 4) is 0 Å². The number of hydrogen-bond donors (Lipinski definition) is 0. The quantitative estimate of drug-likeness (QED) is 0.682. The first-order chi connectivity index (χ1) is 15.6. The lowest BCUT2D eigenvalue weighted by atomic mass is 10.2. The molecule has 1 aromatic carbocycles. The van der Waals surface area contributed by atoms with Crippen LogP contribution < -0.4 is 0 Å².